The van der Waals surface area contributed by atoms with Crippen LogP contribution in [0.4, 0.5) is 0 Å². The van der Waals surface area contributed by atoms with Gasteiger partial charge < -0.3 is 4.74 Å². The molecule has 0 aromatic rings. The molecule has 2 atom stereocenters. The molecular weight excluding hydrogens is 280 g/mol. The van der Waals surface area contributed by atoms with Crippen molar-refractivity contribution in [2.24, 2.45) is 22.7 Å². The van der Waals surface area contributed by atoms with E-state index in [-0.39, 0.29) is 0 Å². The van der Waals surface area contributed by atoms with Crippen LogP contribution in [0.5, 0.6) is 0 Å². The predicted molar refractivity (Wildman–Crippen MR) is 101 cm³/mol. The summed E-state index contributed by atoms with van der Waals surface area (Å²) in [4.78, 5) is 0. The van der Waals surface area contributed by atoms with Crippen molar-refractivity contribution < 1.29 is 4.74 Å². The van der Waals surface area contributed by atoms with Crippen molar-refractivity contribution in [1.82, 2.24) is 0 Å². The van der Waals surface area contributed by atoms with Crippen LogP contribution in [0.3, 0.4) is 0 Å². The molecule has 2 aliphatic rings. The van der Waals surface area contributed by atoms with Gasteiger partial charge in [-0.2, -0.15) is 0 Å². The van der Waals surface area contributed by atoms with Gasteiger partial charge in [0.1, 0.15) is 0 Å². The van der Waals surface area contributed by atoms with Gasteiger partial charge in [-0.15, -0.1) is 0 Å². The van der Waals surface area contributed by atoms with E-state index >= 15 is 0 Å². The molecule has 0 saturated heterocycles. The van der Waals surface area contributed by atoms with Gasteiger partial charge in [0.15, 0.2) is 0 Å². The molecule has 2 unspecified atom stereocenters. The molecule has 23 heavy (non-hydrogen) atoms. The zero-order chi connectivity index (χ0) is 17.1. The van der Waals surface area contributed by atoms with E-state index in [2.05, 4.69) is 53.7 Å². The van der Waals surface area contributed by atoms with Gasteiger partial charge in [0, 0.05) is 0 Å². The molecule has 0 fully saturated rings. The minimum Gasteiger partial charge on any atom is -0.381 e. The van der Waals surface area contributed by atoms with Crippen molar-refractivity contribution in [2.75, 3.05) is 13.2 Å². The predicted octanol–water partition coefficient (Wildman–Crippen LogP) is 6.55. The summed E-state index contributed by atoms with van der Waals surface area (Å²) in [6.07, 6.45) is 12.4. The normalized spacial score (nSPS) is 29.8. The Kier molecular flexibility index (Phi) is 6.16. The molecule has 132 valence electrons. The van der Waals surface area contributed by atoms with Gasteiger partial charge in [0.2, 0.25) is 0 Å². The fraction of sp³-hybridized carbons (Fsp3) is 0.818. The molecule has 0 radical (unpaired) electrons. The average Bonchev–Trinajstić information content (AvgIpc) is 2.33. The summed E-state index contributed by atoms with van der Waals surface area (Å²) in [6.45, 7) is 16.0. The van der Waals surface area contributed by atoms with Crippen LogP contribution in [0.15, 0.2) is 23.3 Å². The third-order valence-corrected chi connectivity index (χ3v) is 5.30. The second-order valence-corrected chi connectivity index (χ2v) is 9.72. The Morgan fingerprint density at radius 3 is 1.57 bits per heavy atom. The molecule has 0 aliphatic heterocycles. The van der Waals surface area contributed by atoms with E-state index < -0.39 is 0 Å². The Morgan fingerprint density at radius 1 is 0.826 bits per heavy atom. The van der Waals surface area contributed by atoms with Crippen molar-refractivity contribution in [3.63, 3.8) is 0 Å². The van der Waals surface area contributed by atoms with E-state index in [1.807, 2.05) is 0 Å². The summed E-state index contributed by atoms with van der Waals surface area (Å²) >= 11 is 0. The van der Waals surface area contributed by atoms with Crippen LogP contribution in [0.2, 0.25) is 0 Å². The third kappa shape index (κ3) is 6.45. The Labute approximate surface area is 144 Å². The number of allylic oxidation sites excluding steroid dienone is 2. The zero-order valence-corrected chi connectivity index (χ0v) is 16.4. The van der Waals surface area contributed by atoms with E-state index in [1.165, 1.54) is 25.7 Å². The first-order valence-electron chi connectivity index (χ1n) is 9.64. The van der Waals surface area contributed by atoms with E-state index in [4.69, 9.17) is 4.74 Å². The molecule has 0 amide bonds. The van der Waals surface area contributed by atoms with Gasteiger partial charge in [-0.25, -0.2) is 0 Å². The topological polar surface area (TPSA) is 9.23 Å². The Morgan fingerprint density at radius 2 is 1.22 bits per heavy atom. The Bertz CT molecular complexity index is 411. The molecule has 1 nitrogen and oxygen atoms in total. The van der Waals surface area contributed by atoms with Crippen molar-refractivity contribution in [3.05, 3.63) is 23.3 Å². The lowest BCUT2D eigenvalue weighted by atomic mass is 9.74. The lowest BCUT2D eigenvalue weighted by molar-refractivity contribution is 0.136. The maximum absolute atomic E-state index is 5.96. The van der Waals surface area contributed by atoms with Crippen LogP contribution in [0.25, 0.3) is 0 Å². The quantitative estimate of drug-likeness (QED) is 0.398. The maximum atomic E-state index is 5.96. The smallest absolute Gasteiger partial charge is 0.0503 e. The average molecular weight is 319 g/mol. The second kappa shape index (κ2) is 7.55. The van der Waals surface area contributed by atoms with Gasteiger partial charge >= 0.3 is 0 Å². The van der Waals surface area contributed by atoms with E-state index in [0.29, 0.717) is 10.8 Å². The Balaban J connectivity index is 1.70. The van der Waals surface area contributed by atoms with Crippen LogP contribution >= 0.6 is 0 Å². The summed E-state index contributed by atoms with van der Waals surface area (Å²) in [6, 6.07) is 0. The molecule has 0 bridgehead atoms. The van der Waals surface area contributed by atoms with E-state index in [1.54, 1.807) is 11.1 Å². The van der Waals surface area contributed by atoms with Crippen molar-refractivity contribution in [3.8, 4) is 0 Å². The molecule has 0 aromatic heterocycles. The SMILES string of the molecule is CC1CC(CCOCCC2=CC(C)(C)CC(C)C2)=CC(C)(C)C1. The van der Waals surface area contributed by atoms with Crippen LogP contribution in [0, 0.1) is 22.7 Å². The first-order chi connectivity index (χ1) is 10.7. The first kappa shape index (κ1) is 18.8. The summed E-state index contributed by atoms with van der Waals surface area (Å²) < 4.78 is 5.96. The first-order valence-corrected chi connectivity index (χ1v) is 9.64. The highest BCUT2D eigenvalue weighted by Crippen LogP contribution is 2.38. The maximum Gasteiger partial charge on any atom is 0.0503 e. The number of rotatable bonds is 6. The minimum absolute atomic E-state index is 0.377. The standard InChI is InChI=1S/C22H38O/c1-17-11-19(15-21(3,4)13-17)7-9-23-10-8-20-12-18(2)14-22(5,6)16-20/h15-18H,7-14H2,1-6H3. The molecule has 0 aromatic carbocycles. The van der Waals surface area contributed by atoms with Crippen molar-refractivity contribution >= 4 is 0 Å². The van der Waals surface area contributed by atoms with Crippen molar-refractivity contribution in [2.45, 2.75) is 80.1 Å². The lowest BCUT2D eigenvalue weighted by Gasteiger charge is -2.32. The fourth-order valence-electron chi connectivity index (χ4n) is 5.03. The van der Waals surface area contributed by atoms with Gasteiger partial charge in [-0.3, -0.25) is 0 Å². The molecule has 0 heterocycles. The molecule has 0 spiro atoms. The molecule has 0 N–H and O–H groups in total. The lowest BCUT2D eigenvalue weighted by Crippen LogP contribution is -2.20. The molecular formula is C22H38O. The minimum atomic E-state index is 0.377. The van der Waals surface area contributed by atoms with E-state index in [0.717, 1.165) is 37.9 Å². The third-order valence-electron chi connectivity index (χ3n) is 5.30. The summed E-state index contributed by atoms with van der Waals surface area (Å²) in [7, 11) is 0. The molecule has 1 heteroatoms. The van der Waals surface area contributed by atoms with Crippen molar-refractivity contribution in [1.29, 1.82) is 0 Å². The van der Waals surface area contributed by atoms with E-state index in [9.17, 15) is 0 Å². The van der Waals surface area contributed by atoms with Gasteiger partial charge in [0.05, 0.1) is 13.2 Å². The van der Waals surface area contributed by atoms with Crippen LogP contribution in [-0.4, -0.2) is 13.2 Å². The number of hydrogen-bond acceptors (Lipinski definition) is 1. The molecule has 2 aliphatic carbocycles. The fourth-order valence-corrected chi connectivity index (χ4v) is 5.03. The summed E-state index contributed by atoms with van der Waals surface area (Å²) in [5.74, 6) is 1.64. The molecule has 2 rings (SSSR count). The van der Waals surface area contributed by atoms with Gasteiger partial charge in [-0.1, -0.05) is 64.8 Å². The van der Waals surface area contributed by atoms with Crippen LogP contribution < -0.4 is 0 Å². The monoisotopic (exact) mass is 318 g/mol. The summed E-state index contributed by atoms with van der Waals surface area (Å²) in [5, 5.41) is 0. The number of ether oxygens (including phenoxy) is 1. The highest BCUT2D eigenvalue weighted by molar-refractivity contribution is 5.14. The number of hydrogen-bond donors (Lipinski definition) is 0. The second-order valence-electron chi connectivity index (χ2n) is 9.72. The van der Waals surface area contributed by atoms with Gasteiger partial charge in [0.25, 0.3) is 0 Å². The molecule has 0 saturated carbocycles. The van der Waals surface area contributed by atoms with Crippen LogP contribution in [0.1, 0.15) is 80.1 Å². The highest BCUT2D eigenvalue weighted by Gasteiger charge is 2.26. The largest absolute Gasteiger partial charge is 0.381 e. The Hall–Kier alpha value is -0.560. The summed E-state index contributed by atoms with van der Waals surface area (Å²) in [5.41, 5.74) is 3.98. The zero-order valence-electron chi connectivity index (χ0n) is 16.4. The van der Waals surface area contributed by atoms with Crippen LogP contribution in [-0.2, 0) is 4.74 Å². The highest BCUT2D eigenvalue weighted by atomic mass is 16.5. The van der Waals surface area contributed by atoms with Gasteiger partial charge in [-0.05, 0) is 61.2 Å².